The number of aromatic nitrogens is 1. The minimum atomic E-state index is 0. The molecule has 0 radical (unpaired) electrons. The molecule has 0 fully saturated rings. The number of aryl methyl sites for hydroxylation is 1. The Morgan fingerprint density at radius 3 is 2.46 bits per heavy atom. The van der Waals surface area contributed by atoms with E-state index in [1.165, 1.54) is 34.2 Å². The second kappa shape index (κ2) is 7.21. The molecule has 0 spiro atoms. The highest BCUT2D eigenvalue weighted by Crippen LogP contribution is 2.42. The van der Waals surface area contributed by atoms with Crippen LogP contribution in [-0.4, -0.2) is 4.98 Å². The van der Waals surface area contributed by atoms with Crippen LogP contribution in [-0.2, 0) is 12.8 Å². The van der Waals surface area contributed by atoms with Gasteiger partial charge in [-0.1, -0.05) is 62.7 Å². The van der Waals surface area contributed by atoms with Crippen LogP contribution < -0.4 is 0 Å². The first-order chi connectivity index (χ1) is 11.9. The van der Waals surface area contributed by atoms with Gasteiger partial charge < -0.3 is 0 Å². The summed E-state index contributed by atoms with van der Waals surface area (Å²) in [6, 6.07) is 16.8. The summed E-state index contributed by atoms with van der Waals surface area (Å²) in [6.07, 6.45) is 3.38. The van der Waals surface area contributed by atoms with Crippen molar-refractivity contribution in [2.45, 2.75) is 40.0 Å². The molecular weight excluding hydrogens is 361 g/mol. The molecule has 1 nitrogen and oxygen atoms in total. The Kier molecular flexibility index (Phi) is 5.33. The predicted octanol–water partition coefficient (Wildman–Crippen LogP) is 7.13. The van der Waals surface area contributed by atoms with Gasteiger partial charge in [0.15, 0.2) is 0 Å². The summed E-state index contributed by atoms with van der Waals surface area (Å²) in [5.41, 5.74) is 6.66. The van der Waals surface area contributed by atoms with Gasteiger partial charge in [-0.15, -0.1) is 12.4 Å². The van der Waals surface area contributed by atoms with Gasteiger partial charge in [-0.2, -0.15) is 0 Å². The summed E-state index contributed by atoms with van der Waals surface area (Å²) < 4.78 is 0. The van der Waals surface area contributed by atoms with Crippen LogP contribution in [0, 0.1) is 11.3 Å². The summed E-state index contributed by atoms with van der Waals surface area (Å²) in [5.74, 6) is 0.681. The van der Waals surface area contributed by atoms with Gasteiger partial charge in [0, 0.05) is 16.1 Å². The molecule has 3 heteroatoms. The predicted molar refractivity (Wildman–Crippen MR) is 114 cm³/mol. The van der Waals surface area contributed by atoms with Crippen LogP contribution in [0.1, 0.15) is 38.4 Å². The van der Waals surface area contributed by atoms with E-state index in [1.807, 2.05) is 6.07 Å². The standard InChI is InChI=1S/C23H24ClN.ClH/c1-23(2,3)16-9-11-20-18(13-16)22(15-7-5-4-6-8-15)19-14-17(24)10-12-21(19)25-20;/h4-8,10,12,14,16H,9,11,13H2,1-3H3;1H. The van der Waals surface area contributed by atoms with Gasteiger partial charge in [-0.3, -0.25) is 4.98 Å². The highest BCUT2D eigenvalue weighted by molar-refractivity contribution is 6.31. The fourth-order valence-electron chi connectivity index (χ4n) is 4.09. The molecule has 1 heterocycles. The first-order valence-electron chi connectivity index (χ1n) is 9.10. The van der Waals surface area contributed by atoms with Gasteiger partial charge in [0.1, 0.15) is 0 Å². The zero-order valence-electron chi connectivity index (χ0n) is 15.6. The van der Waals surface area contributed by atoms with Gasteiger partial charge in [0.25, 0.3) is 0 Å². The fourth-order valence-corrected chi connectivity index (χ4v) is 4.26. The molecule has 0 N–H and O–H groups in total. The summed E-state index contributed by atoms with van der Waals surface area (Å²) in [5, 5.41) is 1.95. The number of fused-ring (bicyclic) bond motifs is 2. The van der Waals surface area contributed by atoms with Crippen molar-refractivity contribution in [1.29, 1.82) is 0 Å². The molecule has 1 unspecified atom stereocenters. The maximum atomic E-state index is 6.33. The van der Waals surface area contributed by atoms with Crippen molar-refractivity contribution in [2.75, 3.05) is 0 Å². The number of hydrogen-bond donors (Lipinski definition) is 0. The van der Waals surface area contributed by atoms with E-state index in [-0.39, 0.29) is 12.4 Å². The zero-order valence-corrected chi connectivity index (χ0v) is 17.1. The number of pyridine rings is 1. The van der Waals surface area contributed by atoms with Crippen molar-refractivity contribution in [1.82, 2.24) is 4.98 Å². The minimum absolute atomic E-state index is 0. The van der Waals surface area contributed by atoms with Crippen LogP contribution in [0.4, 0.5) is 0 Å². The smallest absolute Gasteiger partial charge is 0.0712 e. The van der Waals surface area contributed by atoms with E-state index >= 15 is 0 Å². The van der Waals surface area contributed by atoms with Gasteiger partial charge in [-0.25, -0.2) is 0 Å². The lowest BCUT2D eigenvalue weighted by molar-refractivity contribution is 0.215. The number of benzene rings is 2. The van der Waals surface area contributed by atoms with Crippen LogP contribution >= 0.6 is 24.0 Å². The van der Waals surface area contributed by atoms with E-state index in [4.69, 9.17) is 16.6 Å². The Labute approximate surface area is 167 Å². The van der Waals surface area contributed by atoms with Gasteiger partial charge in [0.2, 0.25) is 0 Å². The molecule has 26 heavy (non-hydrogen) atoms. The van der Waals surface area contributed by atoms with E-state index in [2.05, 4.69) is 63.2 Å². The lowest BCUT2D eigenvalue weighted by atomic mass is 9.70. The molecule has 0 saturated carbocycles. The van der Waals surface area contributed by atoms with Crippen LogP contribution in [0.15, 0.2) is 48.5 Å². The Morgan fingerprint density at radius 2 is 1.77 bits per heavy atom. The van der Waals surface area contributed by atoms with Gasteiger partial charge in [-0.05, 0) is 65.5 Å². The molecule has 1 aliphatic rings. The van der Waals surface area contributed by atoms with E-state index in [0.717, 1.165) is 23.4 Å². The highest BCUT2D eigenvalue weighted by Gasteiger charge is 2.31. The van der Waals surface area contributed by atoms with Crippen LogP contribution in [0.3, 0.4) is 0 Å². The number of hydrogen-bond acceptors (Lipinski definition) is 1. The molecule has 1 aromatic heterocycles. The van der Waals surface area contributed by atoms with Crippen LogP contribution in [0.5, 0.6) is 0 Å². The molecule has 1 atom stereocenters. The van der Waals surface area contributed by atoms with E-state index in [0.29, 0.717) is 11.3 Å². The maximum absolute atomic E-state index is 6.33. The number of nitrogens with zero attached hydrogens (tertiary/aromatic N) is 1. The molecule has 0 saturated heterocycles. The SMILES string of the molecule is CC(C)(C)C1CCc2nc3ccc(Cl)cc3c(-c3ccccc3)c2C1.Cl. The van der Waals surface area contributed by atoms with Crippen molar-refractivity contribution in [2.24, 2.45) is 11.3 Å². The maximum Gasteiger partial charge on any atom is 0.0712 e. The molecule has 1 aliphatic carbocycles. The third kappa shape index (κ3) is 3.48. The van der Waals surface area contributed by atoms with Gasteiger partial charge >= 0.3 is 0 Å². The highest BCUT2D eigenvalue weighted by atomic mass is 35.5. The van der Waals surface area contributed by atoms with Crippen molar-refractivity contribution >= 4 is 34.9 Å². The molecule has 2 aromatic carbocycles. The lowest BCUT2D eigenvalue weighted by Crippen LogP contribution is -2.27. The molecule has 0 bridgehead atoms. The Hall–Kier alpha value is -1.57. The molecule has 0 aliphatic heterocycles. The third-order valence-electron chi connectivity index (χ3n) is 5.60. The molecular formula is C23H25Cl2N. The first kappa shape index (κ1) is 19.2. The van der Waals surface area contributed by atoms with Crippen LogP contribution in [0.2, 0.25) is 5.02 Å². The summed E-state index contributed by atoms with van der Waals surface area (Å²) >= 11 is 6.33. The Bertz CT molecular complexity index is 926. The first-order valence-corrected chi connectivity index (χ1v) is 9.48. The van der Waals surface area contributed by atoms with Crippen molar-refractivity contribution in [3.05, 3.63) is 64.8 Å². The summed E-state index contributed by atoms with van der Waals surface area (Å²) in [7, 11) is 0. The quantitative estimate of drug-likeness (QED) is 0.434. The average molecular weight is 386 g/mol. The second-order valence-electron chi connectivity index (χ2n) is 8.25. The fraction of sp³-hybridized carbons (Fsp3) is 0.348. The van der Waals surface area contributed by atoms with E-state index in [9.17, 15) is 0 Å². The third-order valence-corrected chi connectivity index (χ3v) is 5.84. The van der Waals surface area contributed by atoms with Crippen molar-refractivity contribution < 1.29 is 0 Å². The summed E-state index contributed by atoms with van der Waals surface area (Å²) in [6.45, 7) is 7.07. The second-order valence-corrected chi connectivity index (χ2v) is 8.68. The van der Waals surface area contributed by atoms with E-state index in [1.54, 1.807) is 0 Å². The Balaban J connectivity index is 0.00000196. The zero-order chi connectivity index (χ0) is 17.6. The van der Waals surface area contributed by atoms with Gasteiger partial charge in [0.05, 0.1) is 5.52 Å². The van der Waals surface area contributed by atoms with Crippen molar-refractivity contribution in [3.8, 4) is 11.1 Å². The largest absolute Gasteiger partial charge is 0.253 e. The van der Waals surface area contributed by atoms with Crippen molar-refractivity contribution in [3.63, 3.8) is 0 Å². The Morgan fingerprint density at radius 1 is 1.04 bits per heavy atom. The lowest BCUT2D eigenvalue weighted by Gasteiger charge is -2.35. The molecule has 3 aromatic rings. The monoisotopic (exact) mass is 385 g/mol. The molecule has 4 rings (SSSR count). The van der Waals surface area contributed by atoms with Crippen LogP contribution in [0.25, 0.3) is 22.0 Å². The average Bonchev–Trinajstić information content (AvgIpc) is 2.59. The molecule has 0 amide bonds. The topological polar surface area (TPSA) is 12.9 Å². The minimum Gasteiger partial charge on any atom is -0.253 e. The summed E-state index contributed by atoms with van der Waals surface area (Å²) in [4.78, 5) is 5.00. The normalized spacial score (nSPS) is 16.8. The number of halogens is 2. The molecule has 136 valence electrons. The van der Waals surface area contributed by atoms with E-state index < -0.39 is 0 Å². The number of rotatable bonds is 1.